The lowest BCUT2D eigenvalue weighted by Crippen LogP contribution is -2.25. The highest BCUT2D eigenvalue weighted by atomic mass is 15.1. The first-order valence-electron chi connectivity index (χ1n) is 4.89. The quantitative estimate of drug-likeness (QED) is 0.507. The minimum absolute atomic E-state index is 0.836. The van der Waals surface area contributed by atoms with E-state index in [-0.39, 0.29) is 0 Å². The Bertz CT molecular complexity index is 152. The van der Waals surface area contributed by atoms with Gasteiger partial charge in [0.25, 0.3) is 0 Å². The molecule has 0 fully saturated rings. The number of hydrogen-bond donors (Lipinski definition) is 1. The molecule has 0 bridgehead atoms. The lowest BCUT2D eigenvalue weighted by molar-refractivity contribution is 0.349. The molecule has 0 aromatic carbocycles. The number of likely N-dealkylation sites (N-methyl/N-ethyl adjacent to an activating group) is 1. The maximum absolute atomic E-state index is 5.44. The Balaban J connectivity index is 2.18. The Morgan fingerprint density at radius 3 is 3.00 bits per heavy atom. The smallest absolute Gasteiger partial charge is 0.0189 e. The molecule has 1 rings (SSSR count). The van der Waals surface area contributed by atoms with Gasteiger partial charge in [-0.05, 0) is 39.3 Å². The highest BCUT2D eigenvalue weighted by Crippen LogP contribution is 2.13. The Hall–Kier alpha value is -0.340. The van der Waals surface area contributed by atoms with Crippen molar-refractivity contribution in [2.45, 2.75) is 25.7 Å². The summed E-state index contributed by atoms with van der Waals surface area (Å²) in [5.41, 5.74) is 7.05. The minimum Gasteiger partial charge on any atom is -0.330 e. The zero-order valence-corrected chi connectivity index (χ0v) is 8.05. The topological polar surface area (TPSA) is 29.3 Å². The van der Waals surface area contributed by atoms with Crippen LogP contribution in [0.25, 0.3) is 0 Å². The maximum atomic E-state index is 5.44. The second kappa shape index (κ2) is 5.33. The van der Waals surface area contributed by atoms with Crippen LogP contribution in [0.3, 0.4) is 0 Å². The number of unbranched alkanes of at least 4 members (excludes halogenated alkanes) is 1. The fourth-order valence-corrected chi connectivity index (χ4v) is 1.66. The zero-order valence-electron chi connectivity index (χ0n) is 8.05. The molecule has 1 heterocycles. The first-order chi connectivity index (χ1) is 5.83. The summed E-state index contributed by atoms with van der Waals surface area (Å²) in [5, 5.41) is 0. The summed E-state index contributed by atoms with van der Waals surface area (Å²) in [4.78, 5) is 2.39. The van der Waals surface area contributed by atoms with Crippen molar-refractivity contribution in [1.29, 1.82) is 0 Å². The second-order valence-electron chi connectivity index (χ2n) is 3.63. The first-order valence-corrected chi connectivity index (χ1v) is 4.89. The molecule has 0 amide bonds. The third-order valence-corrected chi connectivity index (χ3v) is 2.37. The van der Waals surface area contributed by atoms with Gasteiger partial charge in [-0.25, -0.2) is 0 Å². The van der Waals surface area contributed by atoms with Gasteiger partial charge < -0.3 is 10.6 Å². The Morgan fingerprint density at radius 1 is 1.50 bits per heavy atom. The molecule has 0 aliphatic carbocycles. The van der Waals surface area contributed by atoms with E-state index < -0.39 is 0 Å². The summed E-state index contributed by atoms with van der Waals surface area (Å²) in [6.07, 6.45) is 7.31. The fraction of sp³-hybridized carbons (Fsp3) is 0.800. The molecule has 0 unspecified atom stereocenters. The van der Waals surface area contributed by atoms with Crippen molar-refractivity contribution in [3.05, 3.63) is 11.6 Å². The van der Waals surface area contributed by atoms with Crippen LogP contribution < -0.4 is 5.73 Å². The van der Waals surface area contributed by atoms with Crippen LogP contribution in [-0.4, -0.2) is 31.6 Å². The number of nitrogens with zero attached hydrogens (tertiary/aromatic N) is 1. The predicted molar refractivity (Wildman–Crippen MR) is 53.1 cm³/mol. The van der Waals surface area contributed by atoms with Crippen molar-refractivity contribution in [2.24, 2.45) is 5.73 Å². The number of rotatable bonds is 4. The molecule has 2 nitrogen and oxygen atoms in total. The Labute approximate surface area is 75.4 Å². The monoisotopic (exact) mass is 168 g/mol. The summed E-state index contributed by atoms with van der Waals surface area (Å²) in [7, 11) is 2.19. The van der Waals surface area contributed by atoms with Gasteiger partial charge in [0.05, 0.1) is 0 Å². The molecule has 1 aliphatic heterocycles. The van der Waals surface area contributed by atoms with Gasteiger partial charge in [-0.15, -0.1) is 0 Å². The second-order valence-corrected chi connectivity index (χ2v) is 3.63. The summed E-state index contributed by atoms with van der Waals surface area (Å²) in [6, 6.07) is 0. The van der Waals surface area contributed by atoms with E-state index in [2.05, 4.69) is 18.0 Å². The van der Waals surface area contributed by atoms with Gasteiger partial charge in [0, 0.05) is 13.1 Å². The largest absolute Gasteiger partial charge is 0.330 e. The fourth-order valence-electron chi connectivity index (χ4n) is 1.66. The molecule has 1 aliphatic rings. The van der Waals surface area contributed by atoms with E-state index in [1.165, 1.54) is 38.8 Å². The van der Waals surface area contributed by atoms with Gasteiger partial charge in [-0.2, -0.15) is 0 Å². The van der Waals surface area contributed by atoms with Crippen LogP contribution in [0.2, 0.25) is 0 Å². The molecule has 2 heteroatoms. The summed E-state index contributed by atoms with van der Waals surface area (Å²) in [5.74, 6) is 0. The molecular formula is C10H20N2. The molecule has 70 valence electrons. The normalized spacial score (nSPS) is 19.3. The van der Waals surface area contributed by atoms with Crippen molar-refractivity contribution in [1.82, 2.24) is 4.90 Å². The highest BCUT2D eigenvalue weighted by molar-refractivity contribution is 5.07. The van der Waals surface area contributed by atoms with Gasteiger partial charge in [-0.3, -0.25) is 0 Å². The van der Waals surface area contributed by atoms with Gasteiger partial charge >= 0.3 is 0 Å². The lowest BCUT2D eigenvalue weighted by atomic mass is 10.0. The average Bonchev–Trinajstić information content (AvgIpc) is 2.05. The van der Waals surface area contributed by atoms with Crippen LogP contribution in [-0.2, 0) is 0 Å². The van der Waals surface area contributed by atoms with Gasteiger partial charge in [0.1, 0.15) is 0 Å². The summed E-state index contributed by atoms with van der Waals surface area (Å²) < 4.78 is 0. The van der Waals surface area contributed by atoms with Crippen LogP contribution in [0.4, 0.5) is 0 Å². The van der Waals surface area contributed by atoms with Crippen LogP contribution >= 0.6 is 0 Å². The van der Waals surface area contributed by atoms with E-state index in [1.807, 2.05) is 0 Å². The lowest BCUT2D eigenvalue weighted by Gasteiger charge is -2.22. The van der Waals surface area contributed by atoms with Crippen molar-refractivity contribution in [2.75, 3.05) is 26.7 Å². The molecular weight excluding hydrogens is 148 g/mol. The van der Waals surface area contributed by atoms with E-state index in [9.17, 15) is 0 Å². The SMILES string of the molecule is CN1CCC=C(CCCCN)C1. The van der Waals surface area contributed by atoms with Crippen LogP contribution in [0.15, 0.2) is 11.6 Å². The number of nitrogens with two attached hydrogens (primary N) is 1. The van der Waals surface area contributed by atoms with E-state index in [0.29, 0.717) is 0 Å². The zero-order chi connectivity index (χ0) is 8.81. The Kier molecular flexibility index (Phi) is 4.33. The van der Waals surface area contributed by atoms with Crippen LogP contribution in [0.1, 0.15) is 25.7 Å². The molecule has 0 radical (unpaired) electrons. The van der Waals surface area contributed by atoms with Crippen molar-refractivity contribution in [3.63, 3.8) is 0 Å². The predicted octanol–water partition coefficient (Wildman–Crippen LogP) is 1.38. The first kappa shape index (κ1) is 9.75. The van der Waals surface area contributed by atoms with Crippen molar-refractivity contribution in [3.8, 4) is 0 Å². The van der Waals surface area contributed by atoms with Crippen LogP contribution in [0, 0.1) is 0 Å². The third-order valence-electron chi connectivity index (χ3n) is 2.37. The highest BCUT2D eigenvalue weighted by Gasteiger charge is 2.06. The molecule has 12 heavy (non-hydrogen) atoms. The van der Waals surface area contributed by atoms with E-state index in [1.54, 1.807) is 5.57 Å². The van der Waals surface area contributed by atoms with Gasteiger partial charge in [0.2, 0.25) is 0 Å². The molecule has 0 spiro atoms. The Morgan fingerprint density at radius 2 is 2.33 bits per heavy atom. The molecule has 0 saturated heterocycles. The molecule has 0 aromatic rings. The maximum Gasteiger partial charge on any atom is 0.0189 e. The van der Waals surface area contributed by atoms with Gasteiger partial charge in [-0.1, -0.05) is 11.6 Å². The van der Waals surface area contributed by atoms with E-state index >= 15 is 0 Å². The molecule has 2 N–H and O–H groups in total. The summed E-state index contributed by atoms with van der Waals surface area (Å²) in [6.45, 7) is 3.23. The summed E-state index contributed by atoms with van der Waals surface area (Å²) >= 11 is 0. The minimum atomic E-state index is 0.836. The van der Waals surface area contributed by atoms with E-state index in [0.717, 1.165) is 6.54 Å². The average molecular weight is 168 g/mol. The molecule has 0 saturated carbocycles. The number of hydrogen-bond acceptors (Lipinski definition) is 2. The van der Waals surface area contributed by atoms with Crippen LogP contribution in [0.5, 0.6) is 0 Å². The van der Waals surface area contributed by atoms with Crippen molar-refractivity contribution >= 4 is 0 Å². The van der Waals surface area contributed by atoms with E-state index in [4.69, 9.17) is 5.73 Å². The standard InChI is InChI=1S/C10H20N2/c1-12-8-4-6-10(9-12)5-2-3-7-11/h6H,2-5,7-9,11H2,1H3. The molecule has 0 aromatic heterocycles. The van der Waals surface area contributed by atoms with Gasteiger partial charge in [0.15, 0.2) is 0 Å². The molecule has 0 atom stereocenters. The van der Waals surface area contributed by atoms with Crippen molar-refractivity contribution < 1.29 is 0 Å². The third kappa shape index (κ3) is 3.37.